The minimum absolute atomic E-state index is 0. The van der Waals surface area contributed by atoms with Gasteiger partial charge in [-0.25, -0.2) is 4.39 Å². The molecule has 118 valence electrons. The summed E-state index contributed by atoms with van der Waals surface area (Å²) in [5, 5.41) is 3.34. The molecule has 0 saturated carbocycles. The number of hydrogen-bond donors (Lipinski definition) is 1. The molecule has 1 N–H and O–H groups in total. The van der Waals surface area contributed by atoms with Crippen molar-refractivity contribution in [2.45, 2.75) is 19.8 Å². The van der Waals surface area contributed by atoms with Crippen molar-refractivity contribution in [2.24, 2.45) is 5.92 Å². The molecule has 0 bridgehead atoms. The van der Waals surface area contributed by atoms with Gasteiger partial charge in [0.2, 0.25) is 0 Å². The van der Waals surface area contributed by atoms with Gasteiger partial charge in [-0.2, -0.15) is 0 Å². The van der Waals surface area contributed by atoms with E-state index in [1.54, 1.807) is 17.0 Å². The highest BCUT2D eigenvalue weighted by Gasteiger charge is 2.25. The van der Waals surface area contributed by atoms with Crippen molar-refractivity contribution in [3.05, 3.63) is 34.1 Å². The minimum Gasteiger partial charge on any atom is -0.339 e. The molecular weight excluding hydrogens is 359 g/mol. The van der Waals surface area contributed by atoms with E-state index < -0.39 is 5.82 Å². The van der Waals surface area contributed by atoms with Crippen LogP contribution in [0.3, 0.4) is 0 Å². The van der Waals surface area contributed by atoms with Crippen LogP contribution >= 0.6 is 28.3 Å². The van der Waals surface area contributed by atoms with E-state index in [4.69, 9.17) is 0 Å². The Morgan fingerprint density at radius 2 is 2.10 bits per heavy atom. The van der Waals surface area contributed by atoms with Crippen LogP contribution in [-0.4, -0.2) is 37.0 Å². The van der Waals surface area contributed by atoms with Gasteiger partial charge in [0.05, 0.1) is 5.56 Å². The molecule has 6 heteroatoms. The van der Waals surface area contributed by atoms with Gasteiger partial charge in [-0.3, -0.25) is 4.79 Å². The fraction of sp³-hybridized carbons (Fsp3) is 0.533. The lowest BCUT2D eigenvalue weighted by Gasteiger charge is -2.32. The molecule has 3 nitrogen and oxygen atoms in total. The lowest BCUT2D eigenvalue weighted by Crippen LogP contribution is -2.41. The summed E-state index contributed by atoms with van der Waals surface area (Å²) in [6.45, 7) is 5.49. The maximum Gasteiger partial charge on any atom is 0.256 e. The number of rotatable bonds is 4. The number of amides is 1. The first-order valence-electron chi connectivity index (χ1n) is 7.07. The zero-order chi connectivity index (χ0) is 14.5. The Kier molecular flexibility index (Phi) is 7.63. The lowest BCUT2D eigenvalue weighted by molar-refractivity contribution is 0.0685. The zero-order valence-corrected chi connectivity index (χ0v) is 14.5. The van der Waals surface area contributed by atoms with E-state index in [9.17, 15) is 9.18 Å². The quantitative estimate of drug-likeness (QED) is 0.869. The Labute approximate surface area is 139 Å². The fourth-order valence-corrected chi connectivity index (χ4v) is 2.88. The largest absolute Gasteiger partial charge is 0.339 e. The van der Waals surface area contributed by atoms with Crippen LogP contribution < -0.4 is 5.32 Å². The van der Waals surface area contributed by atoms with Crippen LogP contribution in [0.1, 0.15) is 30.1 Å². The molecule has 0 atom stereocenters. The number of halogens is 3. The van der Waals surface area contributed by atoms with Gasteiger partial charge in [0, 0.05) is 17.6 Å². The Morgan fingerprint density at radius 3 is 2.71 bits per heavy atom. The van der Waals surface area contributed by atoms with Crippen molar-refractivity contribution in [2.75, 3.05) is 26.2 Å². The minimum atomic E-state index is -0.451. The maximum atomic E-state index is 13.7. The van der Waals surface area contributed by atoms with E-state index >= 15 is 0 Å². The van der Waals surface area contributed by atoms with Gasteiger partial charge in [-0.15, -0.1) is 12.4 Å². The number of carbonyl (C=O) groups is 1. The third-order valence-electron chi connectivity index (χ3n) is 3.74. The summed E-state index contributed by atoms with van der Waals surface area (Å²) in [7, 11) is 0. The summed E-state index contributed by atoms with van der Waals surface area (Å²) in [6, 6.07) is 4.49. The molecule has 1 aromatic carbocycles. The molecule has 1 aliphatic heterocycles. The second kappa shape index (κ2) is 8.71. The monoisotopic (exact) mass is 378 g/mol. The van der Waals surface area contributed by atoms with Gasteiger partial charge in [-0.1, -0.05) is 22.9 Å². The molecule has 0 spiro atoms. The first-order valence-corrected chi connectivity index (χ1v) is 7.86. The molecular formula is C15H21BrClFN2O. The number of nitrogens with zero attached hydrogens (tertiary/aromatic N) is 1. The first-order chi connectivity index (χ1) is 9.61. The number of piperidine rings is 1. The molecule has 21 heavy (non-hydrogen) atoms. The van der Waals surface area contributed by atoms with Crippen molar-refractivity contribution in [3.8, 4) is 0 Å². The van der Waals surface area contributed by atoms with Crippen LogP contribution in [0, 0.1) is 11.7 Å². The van der Waals surface area contributed by atoms with E-state index in [1.165, 1.54) is 6.07 Å². The number of nitrogens with one attached hydrogen (secondary N) is 1. The summed E-state index contributed by atoms with van der Waals surface area (Å²) < 4.78 is 14.5. The van der Waals surface area contributed by atoms with E-state index in [0.717, 1.165) is 30.4 Å². The second-order valence-corrected chi connectivity index (χ2v) is 6.08. The van der Waals surface area contributed by atoms with Crippen LogP contribution in [-0.2, 0) is 0 Å². The molecule has 1 aromatic rings. The number of hydrogen-bond acceptors (Lipinski definition) is 2. The molecule has 1 fully saturated rings. The van der Waals surface area contributed by atoms with Crippen LogP contribution in [0.15, 0.2) is 22.7 Å². The third-order valence-corrected chi connectivity index (χ3v) is 4.24. The molecule has 1 amide bonds. The van der Waals surface area contributed by atoms with Crippen LogP contribution in [0.25, 0.3) is 0 Å². The maximum absolute atomic E-state index is 13.7. The Hall–Kier alpha value is -0.650. The van der Waals surface area contributed by atoms with Crippen LogP contribution in [0.2, 0.25) is 0 Å². The van der Waals surface area contributed by atoms with Gasteiger partial charge in [0.15, 0.2) is 0 Å². The molecule has 1 heterocycles. The summed E-state index contributed by atoms with van der Waals surface area (Å²) in [6.07, 6.45) is 1.96. The zero-order valence-electron chi connectivity index (χ0n) is 12.1. The first kappa shape index (κ1) is 18.4. The standard InChI is InChI=1S/C15H20BrFN2O.ClH/c1-2-18-10-11-5-7-19(8-6-11)15(20)13-9-12(16)3-4-14(13)17;/h3-4,9,11,18H,2,5-8,10H2,1H3;1H. The molecule has 0 unspecified atom stereocenters. The van der Waals surface area contributed by atoms with E-state index in [-0.39, 0.29) is 23.9 Å². The van der Waals surface area contributed by atoms with E-state index in [0.29, 0.717) is 19.0 Å². The van der Waals surface area contributed by atoms with E-state index in [1.807, 2.05) is 0 Å². The van der Waals surface area contributed by atoms with Crippen molar-refractivity contribution in [1.29, 1.82) is 0 Å². The highest BCUT2D eigenvalue weighted by atomic mass is 79.9. The normalized spacial score (nSPS) is 15.7. The van der Waals surface area contributed by atoms with Gasteiger partial charge in [0.1, 0.15) is 5.82 Å². The molecule has 1 saturated heterocycles. The van der Waals surface area contributed by atoms with Crippen molar-refractivity contribution >= 4 is 34.2 Å². The molecule has 1 aliphatic rings. The summed E-state index contributed by atoms with van der Waals surface area (Å²) >= 11 is 3.28. The average Bonchev–Trinajstić information content (AvgIpc) is 2.47. The molecule has 0 radical (unpaired) electrons. The molecule has 2 rings (SSSR count). The Bertz CT molecular complexity index is 479. The third kappa shape index (κ3) is 4.94. The second-order valence-electron chi connectivity index (χ2n) is 5.17. The van der Waals surface area contributed by atoms with Crippen molar-refractivity contribution < 1.29 is 9.18 Å². The van der Waals surface area contributed by atoms with Gasteiger partial charge >= 0.3 is 0 Å². The average molecular weight is 380 g/mol. The lowest BCUT2D eigenvalue weighted by atomic mass is 9.96. The fourth-order valence-electron chi connectivity index (χ4n) is 2.52. The summed E-state index contributed by atoms with van der Waals surface area (Å²) in [5.74, 6) is -0.0370. The van der Waals surface area contributed by atoms with Gasteiger partial charge in [0.25, 0.3) is 5.91 Å². The van der Waals surface area contributed by atoms with Crippen LogP contribution in [0.5, 0.6) is 0 Å². The predicted molar refractivity (Wildman–Crippen MR) is 88.5 cm³/mol. The van der Waals surface area contributed by atoms with Crippen LogP contribution in [0.4, 0.5) is 4.39 Å². The topological polar surface area (TPSA) is 32.3 Å². The molecule has 0 aromatic heterocycles. The predicted octanol–water partition coefficient (Wildman–Crippen LogP) is 3.47. The highest BCUT2D eigenvalue weighted by molar-refractivity contribution is 9.10. The van der Waals surface area contributed by atoms with Gasteiger partial charge in [-0.05, 0) is 50.0 Å². The van der Waals surface area contributed by atoms with Crippen molar-refractivity contribution in [1.82, 2.24) is 10.2 Å². The van der Waals surface area contributed by atoms with Crippen molar-refractivity contribution in [3.63, 3.8) is 0 Å². The summed E-state index contributed by atoms with van der Waals surface area (Å²) in [4.78, 5) is 14.1. The van der Waals surface area contributed by atoms with Gasteiger partial charge < -0.3 is 10.2 Å². The smallest absolute Gasteiger partial charge is 0.256 e. The SMILES string of the molecule is CCNCC1CCN(C(=O)c2cc(Br)ccc2F)CC1.Cl. The number of benzene rings is 1. The molecule has 0 aliphatic carbocycles. The Balaban J connectivity index is 0.00000220. The van der Waals surface area contributed by atoms with E-state index in [2.05, 4.69) is 28.2 Å². The Morgan fingerprint density at radius 1 is 1.43 bits per heavy atom. The number of carbonyl (C=O) groups excluding carboxylic acids is 1. The number of likely N-dealkylation sites (tertiary alicyclic amines) is 1. The summed E-state index contributed by atoms with van der Waals surface area (Å²) in [5.41, 5.74) is 0.157. The highest BCUT2D eigenvalue weighted by Crippen LogP contribution is 2.21.